The van der Waals surface area contributed by atoms with E-state index in [9.17, 15) is 0 Å². The molecule has 0 spiro atoms. The molecule has 0 N–H and O–H groups in total. The number of allylic oxidation sites excluding steroid dienone is 1. The molecule has 0 aromatic carbocycles. The van der Waals surface area contributed by atoms with Gasteiger partial charge in [-0.15, -0.1) is 0 Å². The van der Waals surface area contributed by atoms with Crippen molar-refractivity contribution in [1.82, 2.24) is 4.90 Å². The van der Waals surface area contributed by atoms with E-state index < -0.39 is 0 Å². The fourth-order valence-electron chi connectivity index (χ4n) is 4.81. The molecule has 0 saturated heterocycles. The summed E-state index contributed by atoms with van der Waals surface area (Å²) >= 11 is 0. The fraction of sp³-hybridized carbons (Fsp3) is 0.857. The molecule has 0 aromatic rings. The Kier molecular flexibility index (Phi) is 7.63. The average molecular weight is 317 g/mol. The maximum Gasteiger partial charge on any atom is 0.0943 e. The highest BCUT2D eigenvalue weighted by molar-refractivity contribution is 5.19. The Hall–Kier alpha value is -0.810. The highest BCUT2D eigenvalue weighted by atomic mass is 15.2. The summed E-state index contributed by atoms with van der Waals surface area (Å²) < 4.78 is 0. The summed E-state index contributed by atoms with van der Waals surface area (Å²) in [6.07, 6.45) is 16.3. The quantitative estimate of drug-likeness (QED) is 0.552. The molecular weight excluding hydrogens is 280 g/mol. The number of hydrogen-bond acceptors (Lipinski definition) is 2. The number of nitriles is 1. The lowest BCUT2D eigenvalue weighted by Gasteiger charge is -2.47. The van der Waals surface area contributed by atoms with E-state index in [1.54, 1.807) is 0 Å². The van der Waals surface area contributed by atoms with Gasteiger partial charge in [-0.05, 0) is 44.4 Å². The van der Waals surface area contributed by atoms with Crippen molar-refractivity contribution in [2.45, 2.75) is 109 Å². The molecule has 0 heterocycles. The molecule has 2 unspecified atom stereocenters. The maximum atomic E-state index is 9.16. The Morgan fingerprint density at radius 3 is 1.91 bits per heavy atom. The van der Waals surface area contributed by atoms with Crippen molar-refractivity contribution in [2.75, 3.05) is 0 Å². The van der Waals surface area contributed by atoms with Gasteiger partial charge in [-0.25, -0.2) is 0 Å². The maximum absolute atomic E-state index is 9.16. The number of nitrogens with zero attached hydrogens (tertiary/aromatic N) is 2. The molecule has 2 nitrogen and oxygen atoms in total. The minimum atomic E-state index is 0.319. The predicted octanol–water partition coefficient (Wildman–Crippen LogP) is 5.84. The van der Waals surface area contributed by atoms with Crippen LogP contribution in [0.2, 0.25) is 0 Å². The Morgan fingerprint density at radius 1 is 1.04 bits per heavy atom. The summed E-state index contributed by atoms with van der Waals surface area (Å²) in [5, 5.41) is 9.16. The van der Waals surface area contributed by atoms with Gasteiger partial charge < -0.3 is 0 Å². The molecule has 2 saturated carbocycles. The summed E-state index contributed by atoms with van der Waals surface area (Å²) in [6, 6.07) is 4.49. The van der Waals surface area contributed by atoms with Crippen LogP contribution in [0.5, 0.6) is 0 Å². The second-order valence-corrected chi connectivity index (χ2v) is 7.87. The van der Waals surface area contributed by atoms with Crippen LogP contribution in [-0.2, 0) is 0 Å². The first kappa shape index (κ1) is 18.5. The van der Waals surface area contributed by atoms with E-state index in [4.69, 9.17) is 5.26 Å². The third kappa shape index (κ3) is 5.08. The lowest BCUT2D eigenvalue weighted by atomic mass is 9.84. The topological polar surface area (TPSA) is 27.0 Å². The molecule has 130 valence electrons. The predicted molar refractivity (Wildman–Crippen MR) is 98.2 cm³/mol. The Bertz CT molecular complexity index is 379. The van der Waals surface area contributed by atoms with E-state index in [1.165, 1.54) is 70.6 Å². The second kappa shape index (κ2) is 9.48. The van der Waals surface area contributed by atoms with Gasteiger partial charge in [0.1, 0.15) is 0 Å². The van der Waals surface area contributed by atoms with Crippen molar-refractivity contribution in [3.05, 3.63) is 12.2 Å². The highest BCUT2D eigenvalue weighted by Gasteiger charge is 2.34. The summed E-state index contributed by atoms with van der Waals surface area (Å²) in [6.45, 7) is 8.49. The third-order valence-corrected chi connectivity index (χ3v) is 6.25. The van der Waals surface area contributed by atoms with E-state index in [-0.39, 0.29) is 0 Å². The van der Waals surface area contributed by atoms with E-state index in [0.717, 1.165) is 24.1 Å². The van der Waals surface area contributed by atoms with Crippen molar-refractivity contribution in [3.8, 4) is 6.07 Å². The first-order valence-corrected chi connectivity index (χ1v) is 10.0. The molecule has 0 radical (unpaired) electrons. The zero-order valence-electron chi connectivity index (χ0n) is 15.4. The van der Waals surface area contributed by atoms with Crippen LogP contribution in [0.25, 0.3) is 0 Å². The minimum absolute atomic E-state index is 0.319. The van der Waals surface area contributed by atoms with Crippen LogP contribution in [-0.4, -0.2) is 23.0 Å². The molecule has 0 amide bonds. The van der Waals surface area contributed by atoms with Gasteiger partial charge in [-0.2, -0.15) is 5.26 Å². The highest BCUT2D eigenvalue weighted by Crippen LogP contribution is 2.34. The van der Waals surface area contributed by atoms with Gasteiger partial charge in [0, 0.05) is 23.7 Å². The van der Waals surface area contributed by atoms with Crippen molar-refractivity contribution in [2.24, 2.45) is 5.92 Å². The molecule has 2 atom stereocenters. The number of hydrogen-bond donors (Lipinski definition) is 0. The molecule has 2 fully saturated rings. The Morgan fingerprint density at radius 2 is 1.52 bits per heavy atom. The normalized spacial score (nSPS) is 23.4. The average Bonchev–Trinajstić information content (AvgIpc) is 2.62. The largest absolute Gasteiger partial charge is 0.294 e. The van der Waals surface area contributed by atoms with Gasteiger partial charge >= 0.3 is 0 Å². The Balaban J connectivity index is 2.11. The SMILES string of the molecule is C=C(C#N)C(C)CC(CC)N(C1CCCCC1)C1CCCCC1. The van der Waals surface area contributed by atoms with Gasteiger partial charge in [0.25, 0.3) is 0 Å². The van der Waals surface area contributed by atoms with E-state index in [0.29, 0.717) is 12.0 Å². The monoisotopic (exact) mass is 316 g/mol. The zero-order valence-corrected chi connectivity index (χ0v) is 15.4. The van der Waals surface area contributed by atoms with Crippen LogP contribution in [0.15, 0.2) is 12.2 Å². The zero-order chi connectivity index (χ0) is 16.7. The second-order valence-electron chi connectivity index (χ2n) is 7.87. The fourth-order valence-corrected chi connectivity index (χ4v) is 4.81. The summed E-state index contributed by atoms with van der Waals surface area (Å²) in [5.74, 6) is 0.319. The van der Waals surface area contributed by atoms with Gasteiger partial charge in [0.2, 0.25) is 0 Å². The van der Waals surface area contributed by atoms with Crippen LogP contribution in [0.3, 0.4) is 0 Å². The van der Waals surface area contributed by atoms with Crippen LogP contribution in [0, 0.1) is 17.2 Å². The lowest BCUT2D eigenvalue weighted by molar-refractivity contribution is 0.0281. The molecule has 0 bridgehead atoms. The van der Waals surface area contributed by atoms with Crippen molar-refractivity contribution < 1.29 is 0 Å². The van der Waals surface area contributed by atoms with E-state index >= 15 is 0 Å². The van der Waals surface area contributed by atoms with Crippen molar-refractivity contribution in [1.29, 1.82) is 5.26 Å². The summed E-state index contributed by atoms with van der Waals surface area (Å²) in [7, 11) is 0. The molecular formula is C21H36N2. The molecule has 0 aliphatic heterocycles. The first-order chi connectivity index (χ1) is 11.2. The minimum Gasteiger partial charge on any atom is -0.294 e. The van der Waals surface area contributed by atoms with Gasteiger partial charge in [-0.3, -0.25) is 4.90 Å². The van der Waals surface area contributed by atoms with Crippen LogP contribution < -0.4 is 0 Å². The summed E-state index contributed by atoms with van der Waals surface area (Å²) in [5.41, 5.74) is 0.760. The van der Waals surface area contributed by atoms with Crippen molar-refractivity contribution in [3.63, 3.8) is 0 Å². The molecule has 2 aliphatic rings. The third-order valence-electron chi connectivity index (χ3n) is 6.25. The van der Waals surface area contributed by atoms with Gasteiger partial charge in [0.15, 0.2) is 0 Å². The summed E-state index contributed by atoms with van der Waals surface area (Å²) in [4.78, 5) is 2.93. The van der Waals surface area contributed by atoms with Crippen LogP contribution in [0.4, 0.5) is 0 Å². The molecule has 2 aliphatic carbocycles. The van der Waals surface area contributed by atoms with Crippen LogP contribution >= 0.6 is 0 Å². The van der Waals surface area contributed by atoms with Crippen molar-refractivity contribution >= 4 is 0 Å². The lowest BCUT2D eigenvalue weighted by Crippen LogP contribution is -2.51. The van der Waals surface area contributed by atoms with E-state index in [2.05, 4.69) is 31.4 Å². The van der Waals surface area contributed by atoms with Crippen LogP contribution in [0.1, 0.15) is 90.9 Å². The van der Waals surface area contributed by atoms with Gasteiger partial charge in [0.05, 0.1) is 6.07 Å². The Labute approximate surface area is 143 Å². The molecule has 23 heavy (non-hydrogen) atoms. The smallest absolute Gasteiger partial charge is 0.0943 e. The first-order valence-electron chi connectivity index (χ1n) is 10.0. The standard InChI is InChI=1S/C21H36N2/c1-4-19(15-17(2)18(3)16-22)23(20-11-7-5-8-12-20)21-13-9-6-10-14-21/h17,19-21H,3-15H2,1-2H3. The molecule has 2 heteroatoms. The number of rotatable bonds is 7. The van der Waals surface area contributed by atoms with Gasteiger partial charge in [-0.1, -0.05) is 59.0 Å². The molecule has 0 aromatic heterocycles. The molecule has 2 rings (SSSR count). The van der Waals surface area contributed by atoms with E-state index in [1.807, 2.05) is 0 Å².